The van der Waals surface area contributed by atoms with Gasteiger partial charge in [0.15, 0.2) is 0 Å². The van der Waals surface area contributed by atoms with Crippen molar-refractivity contribution in [3.05, 3.63) is 46.1 Å². The molecule has 1 aromatic carbocycles. The highest BCUT2D eigenvalue weighted by atomic mass is 19.1. The number of aryl methyl sites for hydroxylation is 1. The molecule has 1 heterocycles. The third-order valence-electron chi connectivity index (χ3n) is 4.18. The van der Waals surface area contributed by atoms with Gasteiger partial charge in [0.2, 0.25) is 5.95 Å². The van der Waals surface area contributed by atoms with Crippen molar-refractivity contribution in [2.75, 3.05) is 5.32 Å². The average Bonchev–Trinajstić information content (AvgIpc) is 2.49. The van der Waals surface area contributed by atoms with E-state index in [0.717, 1.165) is 12.8 Å². The van der Waals surface area contributed by atoms with Crippen molar-refractivity contribution < 1.29 is 4.39 Å². The summed E-state index contributed by atoms with van der Waals surface area (Å²) in [5.74, 6) is 0.210. The number of nitrogens with one attached hydrogen (secondary N) is 2. The van der Waals surface area contributed by atoms with Gasteiger partial charge in [0, 0.05) is 6.04 Å². The molecular formula is C17H20FN3O. The lowest BCUT2D eigenvalue weighted by Gasteiger charge is -2.23. The van der Waals surface area contributed by atoms with Crippen molar-refractivity contribution in [1.82, 2.24) is 9.97 Å². The molecule has 22 heavy (non-hydrogen) atoms. The van der Waals surface area contributed by atoms with Crippen LogP contribution in [-0.4, -0.2) is 16.0 Å². The van der Waals surface area contributed by atoms with E-state index < -0.39 is 0 Å². The Morgan fingerprint density at radius 1 is 1.18 bits per heavy atom. The van der Waals surface area contributed by atoms with E-state index in [4.69, 9.17) is 0 Å². The van der Waals surface area contributed by atoms with Crippen molar-refractivity contribution in [3.63, 3.8) is 0 Å². The molecule has 1 aliphatic carbocycles. The van der Waals surface area contributed by atoms with Crippen molar-refractivity contribution >= 4 is 5.95 Å². The molecule has 0 spiro atoms. The fourth-order valence-electron chi connectivity index (χ4n) is 3.05. The molecule has 1 aliphatic rings. The molecule has 1 saturated carbocycles. The molecule has 3 rings (SSSR count). The van der Waals surface area contributed by atoms with Gasteiger partial charge in [-0.3, -0.25) is 9.78 Å². The summed E-state index contributed by atoms with van der Waals surface area (Å²) in [5.41, 5.74) is 1.62. The largest absolute Gasteiger partial charge is 0.353 e. The molecule has 0 unspecified atom stereocenters. The number of H-pyrrole nitrogens is 1. The molecule has 5 heteroatoms. The number of rotatable bonds is 3. The molecule has 0 saturated heterocycles. The number of nitrogens with zero attached hydrogens (tertiary/aromatic N) is 1. The Hall–Kier alpha value is -2.17. The summed E-state index contributed by atoms with van der Waals surface area (Å²) < 4.78 is 13.0. The normalized spacial score (nSPS) is 15.7. The maximum Gasteiger partial charge on any atom is 0.260 e. The molecule has 0 bridgehead atoms. The van der Waals surface area contributed by atoms with E-state index >= 15 is 0 Å². The number of hydrogen-bond donors (Lipinski definition) is 2. The Balaban J connectivity index is 1.87. The van der Waals surface area contributed by atoms with Gasteiger partial charge in [0.1, 0.15) is 5.82 Å². The SMILES string of the molecule is Cc1nc(NC2CCCCC2)[nH]c(=O)c1-c1ccc(F)cc1. The van der Waals surface area contributed by atoms with Crippen LogP contribution in [0.2, 0.25) is 0 Å². The zero-order valence-electron chi connectivity index (χ0n) is 12.7. The van der Waals surface area contributed by atoms with Crippen LogP contribution in [0.5, 0.6) is 0 Å². The predicted molar refractivity (Wildman–Crippen MR) is 85.5 cm³/mol. The number of aromatic nitrogens is 2. The summed E-state index contributed by atoms with van der Waals surface area (Å²) in [4.78, 5) is 19.6. The van der Waals surface area contributed by atoms with E-state index in [2.05, 4.69) is 15.3 Å². The summed E-state index contributed by atoms with van der Waals surface area (Å²) >= 11 is 0. The quantitative estimate of drug-likeness (QED) is 0.910. The Labute approximate surface area is 128 Å². The van der Waals surface area contributed by atoms with Crippen LogP contribution in [0, 0.1) is 12.7 Å². The second-order valence-corrected chi connectivity index (χ2v) is 5.86. The first-order chi connectivity index (χ1) is 10.6. The third kappa shape index (κ3) is 3.18. The zero-order valence-corrected chi connectivity index (χ0v) is 12.7. The molecule has 116 valence electrons. The lowest BCUT2D eigenvalue weighted by molar-refractivity contribution is 0.460. The predicted octanol–water partition coefficient (Wildman–Crippen LogP) is 3.63. The van der Waals surface area contributed by atoms with Crippen LogP contribution in [0.15, 0.2) is 29.1 Å². The molecule has 2 N–H and O–H groups in total. The molecule has 0 amide bonds. The number of anilines is 1. The molecular weight excluding hydrogens is 281 g/mol. The first kappa shape index (κ1) is 14.8. The lowest BCUT2D eigenvalue weighted by Crippen LogP contribution is -2.26. The first-order valence-corrected chi connectivity index (χ1v) is 7.77. The molecule has 1 fully saturated rings. The van der Waals surface area contributed by atoms with E-state index in [1.165, 1.54) is 31.4 Å². The molecule has 0 atom stereocenters. The number of benzene rings is 1. The highest BCUT2D eigenvalue weighted by Gasteiger charge is 2.16. The van der Waals surface area contributed by atoms with Gasteiger partial charge in [-0.2, -0.15) is 0 Å². The summed E-state index contributed by atoms with van der Waals surface area (Å²) in [6.07, 6.45) is 5.94. The monoisotopic (exact) mass is 301 g/mol. The highest BCUT2D eigenvalue weighted by Crippen LogP contribution is 2.22. The minimum atomic E-state index is -0.318. The van der Waals surface area contributed by atoms with Crippen LogP contribution < -0.4 is 10.9 Å². The third-order valence-corrected chi connectivity index (χ3v) is 4.18. The van der Waals surface area contributed by atoms with Gasteiger partial charge in [0.05, 0.1) is 11.3 Å². The van der Waals surface area contributed by atoms with Gasteiger partial charge in [-0.05, 0) is 37.5 Å². The van der Waals surface area contributed by atoms with E-state index in [1.54, 1.807) is 19.1 Å². The summed E-state index contributed by atoms with van der Waals surface area (Å²) in [6.45, 7) is 1.81. The van der Waals surface area contributed by atoms with Gasteiger partial charge in [-0.1, -0.05) is 31.4 Å². The van der Waals surface area contributed by atoms with Crippen molar-refractivity contribution in [2.24, 2.45) is 0 Å². The highest BCUT2D eigenvalue weighted by molar-refractivity contribution is 5.65. The Morgan fingerprint density at radius 3 is 2.50 bits per heavy atom. The number of hydrogen-bond acceptors (Lipinski definition) is 3. The Morgan fingerprint density at radius 2 is 1.86 bits per heavy atom. The minimum Gasteiger partial charge on any atom is -0.353 e. The van der Waals surface area contributed by atoms with Crippen molar-refractivity contribution in [2.45, 2.75) is 45.1 Å². The van der Waals surface area contributed by atoms with Gasteiger partial charge in [-0.15, -0.1) is 0 Å². The summed E-state index contributed by atoms with van der Waals surface area (Å²) in [5, 5.41) is 3.32. The van der Waals surface area contributed by atoms with Crippen LogP contribution in [-0.2, 0) is 0 Å². The van der Waals surface area contributed by atoms with Gasteiger partial charge in [-0.25, -0.2) is 9.37 Å². The second kappa shape index (κ2) is 6.30. The van der Waals surface area contributed by atoms with E-state index in [0.29, 0.717) is 28.8 Å². The molecule has 4 nitrogen and oxygen atoms in total. The maximum atomic E-state index is 13.0. The summed E-state index contributed by atoms with van der Waals surface area (Å²) in [6, 6.07) is 6.28. The maximum absolute atomic E-state index is 13.0. The van der Waals surface area contributed by atoms with Crippen molar-refractivity contribution in [3.8, 4) is 11.1 Å². The molecule has 1 aromatic heterocycles. The number of aromatic amines is 1. The fourth-order valence-corrected chi connectivity index (χ4v) is 3.05. The van der Waals surface area contributed by atoms with Crippen LogP contribution >= 0.6 is 0 Å². The zero-order chi connectivity index (χ0) is 15.5. The van der Waals surface area contributed by atoms with Gasteiger partial charge in [0.25, 0.3) is 5.56 Å². The fraction of sp³-hybridized carbons (Fsp3) is 0.412. The van der Waals surface area contributed by atoms with Gasteiger partial charge >= 0.3 is 0 Å². The molecule has 2 aromatic rings. The Kier molecular flexibility index (Phi) is 4.22. The summed E-state index contributed by atoms with van der Waals surface area (Å²) in [7, 11) is 0. The minimum absolute atomic E-state index is 0.197. The smallest absolute Gasteiger partial charge is 0.260 e. The average molecular weight is 301 g/mol. The molecule has 0 radical (unpaired) electrons. The standard InChI is InChI=1S/C17H20FN3O/c1-11-15(12-7-9-13(18)10-8-12)16(22)21-17(19-11)20-14-5-3-2-4-6-14/h7-10,14H,2-6H2,1H3,(H2,19,20,21,22). The Bertz CT molecular complexity index is 703. The van der Waals surface area contributed by atoms with Crippen LogP contribution in [0.3, 0.4) is 0 Å². The van der Waals surface area contributed by atoms with Crippen LogP contribution in [0.4, 0.5) is 10.3 Å². The van der Waals surface area contributed by atoms with E-state index in [-0.39, 0.29) is 11.4 Å². The topological polar surface area (TPSA) is 57.8 Å². The van der Waals surface area contributed by atoms with Crippen LogP contribution in [0.25, 0.3) is 11.1 Å². The van der Waals surface area contributed by atoms with Gasteiger partial charge < -0.3 is 5.32 Å². The van der Waals surface area contributed by atoms with Crippen LogP contribution in [0.1, 0.15) is 37.8 Å². The lowest BCUT2D eigenvalue weighted by atomic mass is 9.96. The molecule has 0 aliphatic heterocycles. The van der Waals surface area contributed by atoms with E-state index in [1.807, 2.05) is 0 Å². The second-order valence-electron chi connectivity index (χ2n) is 5.86. The van der Waals surface area contributed by atoms with E-state index in [9.17, 15) is 9.18 Å². The number of halogens is 1. The first-order valence-electron chi connectivity index (χ1n) is 7.77. The van der Waals surface area contributed by atoms with Crippen molar-refractivity contribution in [1.29, 1.82) is 0 Å².